The summed E-state index contributed by atoms with van der Waals surface area (Å²) in [4.78, 5) is 13.2. The van der Waals surface area contributed by atoms with Crippen molar-refractivity contribution in [2.24, 2.45) is 10.2 Å². The SMILES string of the molecule is CCOc1ccc(S(=O)(=O)Cc2ccccc2)cc1N=Nc1c(O)c(C(=O)Nc2ccccc2)cc2ccccc12. The standard InChI is InChI=1S/C32H27N3O5S/c1-2-40-29-18-17-25(41(38,39)21-22-11-5-3-6-12-22)20-28(29)34-35-30-26-16-10-9-13-23(26)19-27(31(30)36)32(37)33-24-14-7-4-8-15-24/h3-20,36H,2,21H2,1H3,(H,33,37). The third-order valence-electron chi connectivity index (χ3n) is 6.32. The van der Waals surface area contributed by atoms with Gasteiger partial charge in [0.1, 0.15) is 17.1 Å². The molecule has 0 saturated carbocycles. The Morgan fingerprint density at radius 2 is 1.54 bits per heavy atom. The van der Waals surface area contributed by atoms with E-state index in [0.717, 1.165) is 0 Å². The summed E-state index contributed by atoms with van der Waals surface area (Å²) in [5.74, 6) is -0.717. The first-order valence-electron chi connectivity index (χ1n) is 12.9. The number of aromatic hydroxyl groups is 1. The van der Waals surface area contributed by atoms with Crippen LogP contribution in [0.3, 0.4) is 0 Å². The molecule has 9 heteroatoms. The topological polar surface area (TPSA) is 117 Å². The van der Waals surface area contributed by atoms with Crippen LogP contribution in [-0.4, -0.2) is 26.0 Å². The number of phenolic OH excluding ortho intramolecular Hbond substituents is 1. The van der Waals surface area contributed by atoms with Crippen molar-refractivity contribution < 1.29 is 23.1 Å². The molecule has 0 aliphatic rings. The number of fused-ring (bicyclic) bond motifs is 1. The lowest BCUT2D eigenvalue weighted by atomic mass is 10.0. The Bertz CT molecular complexity index is 1840. The van der Waals surface area contributed by atoms with Crippen LogP contribution >= 0.6 is 0 Å². The molecule has 1 amide bonds. The second-order valence-electron chi connectivity index (χ2n) is 9.17. The average molecular weight is 566 g/mol. The fourth-order valence-electron chi connectivity index (χ4n) is 4.34. The van der Waals surface area contributed by atoms with Crippen LogP contribution < -0.4 is 10.1 Å². The van der Waals surface area contributed by atoms with Crippen LogP contribution in [0.5, 0.6) is 11.5 Å². The molecule has 2 N–H and O–H groups in total. The van der Waals surface area contributed by atoms with Gasteiger partial charge in [0.05, 0.1) is 22.8 Å². The van der Waals surface area contributed by atoms with Gasteiger partial charge in [-0.3, -0.25) is 4.79 Å². The Hall–Kier alpha value is -5.02. The van der Waals surface area contributed by atoms with Crippen molar-refractivity contribution in [3.05, 3.63) is 120 Å². The van der Waals surface area contributed by atoms with Crippen LogP contribution in [0, 0.1) is 0 Å². The summed E-state index contributed by atoms with van der Waals surface area (Å²) in [5.41, 5.74) is 1.49. The van der Waals surface area contributed by atoms with Crippen molar-refractivity contribution in [1.29, 1.82) is 0 Å². The first-order valence-corrected chi connectivity index (χ1v) is 14.6. The summed E-state index contributed by atoms with van der Waals surface area (Å²) < 4.78 is 32.1. The van der Waals surface area contributed by atoms with Gasteiger partial charge in [-0.25, -0.2) is 8.42 Å². The average Bonchev–Trinajstić information content (AvgIpc) is 2.98. The number of hydrogen-bond donors (Lipinski definition) is 2. The number of carbonyl (C=O) groups excluding carboxylic acids is 1. The van der Waals surface area contributed by atoms with E-state index in [4.69, 9.17) is 4.74 Å². The molecule has 0 aromatic heterocycles. The van der Waals surface area contributed by atoms with Crippen LogP contribution in [0.25, 0.3) is 10.8 Å². The zero-order valence-corrected chi connectivity index (χ0v) is 23.0. The van der Waals surface area contributed by atoms with Crippen molar-refractivity contribution in [2.75, 3.05) is 11.9 Å². The molecular weight excluding hydrogens is 538 g/mol. The molecule has 0 atom stereocenters. The minimum Gasteiger partial charge on any atom is -0.505 e. The molecule has 0 aliphatic heterocycles. The minimum atomic E-state index is -3.70. The number of benzene rings is 5. The molecule has 0 unspecified atom stereocenters. The highest BCUT2D eigenvalue weighted by Gasteiger charge is 2.20. The van der Waals surface area contributed by atoms with Crippen LogP contribution in [-0.2, 0) is 15.6 Å². The highest BCUT2D eigenvalue weighted by Crippen LogP contribution is 2.41. The smallest absolute Gasteiger partial charge is 0.259 e. The summed E-state index contributed by atoms with van der Waals surface area (Å²) in [5, 5.41) is 23.8. The Balaban J connectivity index is 1.56. The van der Waals surface area contributed by atoms with E-state index in [-0.39, 0.29) is 33.3 Å². The number of para-hydroxylation sites is 1. The quantitative estimate of drug-likeness (QED) is 0.179. The zero-order valence-electron chi connectivity index (χ0n) is 22.2. The van der Waals surface area contributed by atoms with Gasteiger partial charge in [0.25, 0.3) is 5.91 Å². The van der Waals surface area contributed by atoms with Crippen LogP contribution in [0.1, 0.15) is 22.8 Å². The molecule has 5 rings (SSSR count). The van der Waals surface area contributed by atoms with E-state index in [2.05, 4.69) is 15.5 Å². The van der Waals surface area contributed by atoms with E-state index in [1.807, 2.05) is 18.2 Å². The van der Waals surface area contributed by atoms with Gasteiger partial charge < -0.3 is 15.2 Å². The Morgan fingerprint density at radius 3 is 2.27 bits per heavy atom. The van der Waals surface area contributed by atoms with Crippen molar-refractivity contribution >= 4 is 43.6 Å². The van der Waals surface area contributed by atoms with Crippen LogP contribution in [0.15, 0.2) is 124 Å². The summed E-state index contributed by atoms with van der Waals surface area (Å²) in [6.45, 7) is 2.12. The maximum absolute atomic E-state index is 13.2. The van der Waals surface area contributed by atoms with Crippen molar-refractivity contribution in [1.82, 2.24) is 0 Å². The van der Waals surface area contributed by atoms with Crippen molar-refractivity contribution in [2.45, 2.75) is 17.6 Å². The zero-order chi connectivity index (χ0) is 28.8. The third-order valence-corrected chi connectivity index (χ3v) is 8.00. The predicted octanol–water partition coefficient (Wildman–Crippen LogP) is 7.59. The highest BCUT2D eigenvalue weighted by molar-refractivity contribution is 7.90. The number of nitrogens with zero attached hydrogens (tertiary/aromatic N) is 2. The number of amides is 1. The van der Waals surface area contributed by atoms with Crippen molar-refractivity contribution in [3.8, 4) is 11.5 Å². The maximum Gasteiger partial charge on any atom is 0.259 e. The molecule has 8 nitrogen and oxygen atoms in total. The van der Waals surface area contributed by atoms with Crippen LogP contribution in [0.4, 0.5) is 17.1 Å². The first-order chi connectivity index (χ1) is 19.9. The monoisotopic (exact) mass is 565 g/mol. The molecule has 0 aliphatic carbocycles. The highest BCUT2D eigenvalue weighted by atomic mass is 32.2. The number of rotatable bonds is 9. The van der Waals surface area contributed by atoms with Crippen LogP contribution in [0.2, 0.25) is 0 Å². The summed E-state index contributed by atoms with van der Waals surface area (Å²) in [7, 11) is -3.70. The molecular formula is C32H27N3O5S. The molecule has 0 heterocycles. The number of azo groups is 1. The number of hydrogen-bond acceptors (Lipinski definition) is 7. The Labute approximate surface area is 237 Å². The fraction of sp³-hybridized carbons (Fsp3) is 0.0938. The van der Waals surface area contributed by atoms with Gasteiger partial charge in [0.15, 0.2) is 15.6 Å². The molecule has 41 heavy (non-hydrogen) atoms. The van der Waals surface area contributed by atoms with E-state index in [1.54, 1.807) is 79.7 Å². The van der Waals surface area contributed by atoms with E-state index >= 15 is 0 Å². The van der Waals surface area contributed by atoms with E-state index in [0.29, 0.717) is 34.4 Å². The molecule has 0 saturated heterocycles. The second kappa shape index (κ2) is 12.0. The number of nitrogens with one attached hydrogen (secondary N) is 1. The minimum absolute atomic E-state index is 0.0192. The number of ether oxygens (including phenoxy) is 1. The number of sulfone groups is 1. The van der Waals surface area contributed by atoms with Crippen molar-refractivity contribution in [3.63, 3.8) is 0 Å². The van der Waals surface area contributed by atoms with E-state index < -0.39 is 15.7 Å². The van der Waals surface area contributed by atoms with Gasteiger partial charge in [-0.1, -0.05) is 72.8 Å². The first kappa shape index (κ1) is 27.5. The van der Waals surface area contributed by atoms with Gasteiger partial charge >= 0.3 is 0 Å². The summed E-state index contributed by atoms with van der Waals surface area (Å²) >= 11 is 0. The Morgan fingerprint density at radius 1 is 0.854 bits per heavy atom. The lowest BCUT2D eigenvalue weighted by Gasteiger charge is -2.12. The van der Waals surface area contributed by atoms with E-state index in [9.17, 15) is 18.3 Å². The van der Waals surface area contributed by atoms with Gasteiger partial charge in [-0.2, -0.15) is 0 Å². The number of anilines is 1. The van der Waals surface area contributed by atoms with Gasteiger partial charge in [-0.05, 0) is 54.3 Å². The molecule has 0 radical (unpaired) electrons. The predicted molar refractivity (Wildman–Crippen MR) is 159 cm³/mol. The number of phenols is 1. The molecule has 5 aromatic carbocycles. The third kappa shape index (κ3) is 6.26. The Kier molecular flexibility index (Phi) is 8.07. The van der Waals surface area contributed by atoms with Gasteiger partial charge in [0.2, 0.25) is 0 Å². The van der Waals surface area contributed by atoms with Gasteiger partial charge in [-0.15, -0.1) is 10.2 Å². The lowest BCUT2D eigenvalue weighted by Crippen LogP contribution is -2.12. The van der Waals surface area contributed by atoms with E-state index in [1.165, 1.54) is 18.2 Å². The molecule has 206 valence electrons. The summed E-state index contributed by atoms with van der Waals surface area (Å²) in [6, 6.07) is 31.0. The normalized spacial score (nSPS) is 11.5. The molecule has 0 bridgehead atoms. The number of carbonyl (C=O) groups is 1. The molecule has 0 spiro atoms. The van der Waals surface area contributed by atoms with Gasteiger partial charge in [0, 0.05) is 11.1 Å². The maximum atomic E-state index is 13.2. The largest absolute Gasteiger partial charge is 0.505 e. The second-order valence-corrected chi connectivity index (χ2v) is 11.2. The summed E-state index contributed by atoms with van der Waals surface area (Å²) in [6.07, 6.45) is 0. The molecule has 0 fully saturated rings. The molecule has 5 aromatic rings. The lowest BCUT2D eigenvalue weighted by molar-refractivity contribution is 0.102. The fourth-order valence-corrected chi connectivity index (χ4v) is 5.70.